The summed E-state index contributed by atoms with van der Waals surface area (Å²) in [5.41, 5.74) is 1.65. The molecule has 4 heterocycles. The maximum absolute atomic E-state index is 10.7. The molecule has 2 saturated heterocycles. The number of anilines is 1. The maximum Gasteiger partial charge on any atom is 0.182 e. The monoisotopic (exact) mass is 328 g/mol. The Morgan fingerprint density at radius 2 is 1.83 bits per heavy atom. The van der Waals surface area contributed by atoms with Gasteiger partial charge in [-0.25, -0.2) is 15.0 Å². The van der Waals surface area contributed by atoms with Crippen LogP contribution in [0.15, 0.2) is 12.7 Å². The molecule has 1 saturated carbocycles. The molecule has 128 valence electrons. The van der Waals surface area contributed by atoms with Gasteiger partial charge in [0.15, 0.2) is 11.5 Å². The Hall–Kier alpha value is -1.73. The van der Waals surface area contributed by atoms with Crippen LogP contribution in [0.2, 0.25) is 0 Å². The van der Waals surface area contributed by atoms with Gasteiger partial charge in [-0.05, 0) is 50.6 Å². The summed E-state index contributed by atoms with van der Waals surface area (Å²) in [7, 11) is 0. The van der Waals surface area contributed by atoms with E-state index in [0.29, 0.717) is 17.9 Å². The molecule has 2 aliphatic heterocycles. The molecule has 0 radical (unpaired) electrons. The second-order valence-corrected chi connectivity index (χ2v) is 7.57. The summed E-state index contributed by atoms with van der Waals surface area (Å²) < 4.78 is 0. The first-order valence-electron chi connectivity index (χ1n) is 9.11. The quantitative estimate of drug-likeness (QED) is 0.857. The third-order valence-corrected chi connectivity index (χ3v) is 6.22. The van der Waals surface area contributed by atoms with Crippen molar-refractivity contribution in [2.45, 2.75) is 37.8 Å². The zero-order valence-corrected chi connectivity index (χ0v) is 13.8. The number of likely N-dealkylation sites (tertiary alicyclic amines) is 1. The normalized spacial score (nSPS) is 34.1. The van der Waals surface area contributed by atoms with Crippen molar-refractivity contribution in [3.05, 3.63) is 12.7 Å². The van der Waals surface area contributed by atoms with E-state index in [1.54, 1.807) is 12.7 Å². The molecule has 2 N–H and O–H groups in total. The van der Waals surface area contributed by atoms with Gasteiger partial charge < -0.3 is 15.0 Å². The van der Waals surface area contributed by atoms with Crippen LogP contribution in [-0.2, 0) is 0 Å². The molecule has 2 aromatic rings. The number of imidazole rings is 1. The minimum atomic E-state index is -0.179. The molecule has 7 nitrogen and oxygen atoms in total. The van der Waals surface area contributed by atoms with Crippen molar-refractivity contribution in [2.75, 3.05) is 31.1 Å². The molecule has 0 amide bonds. The number of fused-ring (bicyclic) bond motifs is 2. The zero-order valence-electron chi connectivity index (χ0n) is 13.8. The Kier molecular flexibility index (Phi) is 3.45. The number of aliphatic hydroxyl groups excluding tert-OH is 1. The van der Waals surface area contributed by atoms with E-state index >= 15 is 0 Å². The minimum Gasteiger partial charge on any atom is -0.391 e. The van der Waals surface area contributed by atoms with Crippen molar-refractivity contribution in [1.82, 2.24) is 24.8 Å². The molecule has 7 heteroatoms. The van der Waals surface area contributed by atoms with Gasteiger partial charge in [0.1, 0.15) is 11.8 Å². The molecule has 0 bridgehead atoms. The fourth-order valence-corrected chi connectivity index (χ4v) is 5.04. The fraction of sp³-hybridized carbons (Fsp3) is 0.706. The van der Waals surface area contributed by atoms with Gasteiger partial charge >= 0.3 is 0 Å². The molecule has 3 fully saturated rings. The molecule has 4 atom stereocenters. The van der Waals surface area contributed by atoms with E-state index in [9.17, 15) is 5.11 Å². The van der Waals surface area contributed by atoms with Crippen molar-refractivity contribution in [3.63, 3.8) is 0 Å². The predicted octanol–water partition coefficient (Wildman–Crippen LogP) is 1.02. The summed E-state index contributed by atoms with van der Waals surface area (Å²) in [4.78, 5) is 21.0. The number of H-pyrrole nitrogens is 1. The summed E-state index contributed by atoms with van der Waals surface area (Å²) in [6.07, 6.45) is 7.69. The average Bonchev–Trinajstić information content (AvgIpc) is 3.32. The molecule has 3 aliphatic rings. The number of nitrogens with zero attached hydrogens (tertiary/aromatic N) is 5. The largest absolute Gasteiger partial charge is 0.391 e. The van der Waals surface area contributed by atoms with E-state index in [0.717, 1.165) is 56.0 Å². The molecular formula is C17H24N6O. The number of hydrogen-bond acceptors (Lipinski definition) is 6. The second-order valence-electron chi connectivity index (χ2n) is 7.57. The molecule has 5 rings (SSSR count). The van der Waals surface area contributed by atoms with Crippen LogP contribution in [0.25, 0.3) is 11.2 Å². The van der Waals surface area contributed by atoms with Crippen molar-refractivity contribution in [3.8, 4) is 0 Å². The lowest BCUT2D eigenvalue weighted by Gasteiger charge is -2.40. The van der Waals surface area contributed by atoms with Crippen LogP contribution in [0.3, 0.4) is 0 Å². The fourth-order valence-electron chi connectivity index (χ4n) is 5.04. The van der Waals surface area contributed by atoms with Crippen molar-refractivity contribution >= 4 is 17.0 Å². The lowest BCUT2D eigenvalue weighted by atomic mass is 9.77. The Bertz CT molecular complexity index is 727. The summed E-state index contributed by atoms with van der Waals surface area (Å²) in [6.45, 7) is 4.31. The summed E-state index contributed by atoms with van der Waals surface area (Å²) in [5, 5.41) is 10.7. The average molecular weight is 328 g/mol. The van der Waals surface area contributed by atoms with Gasteiger partial charge in [0.05, 0.1) is 12.4 Å². The lowest BCUT2D eigenvalue weighted by Crippen LogP contribution is -2.48. The highest BCUT2D eigenvalue weighted by Gasteiger charge is 2.44. The maximum atomic E-state index is 10.7. The Balaban J connectivity index is 1.37. The Morgan fingerprint density at radius 3 is 2.67 bits per heavy atom. The number of aliphatic hydroxyl groups is 1. The molecule has 0 aromatic carbocycles. The predicted molar refractivity (Wildman–Crippen MR) is 90.7 cm³/mol. The first kappa shape index (κ1) is 14.6. The number of aromatic amines is 1. The summed E-state index contributed by atoms with van der Waals surface area (Å²) >= 11 is 0. The van der Waals surface area contributed by atoms with Gasteiger partial charge in [-0.2, -0.15) is 0 Å². The smallest absolute Gasteiger partial charge is 0.182 e. The highest BCUT2D eigenvalue weighted by molar-refractivity contribution is 5.82. The highest BCUT2D eigenvalue weighted by atomic mass is 16.3. The Labute approximate surface area is 141 Å². The molecular weight excluding hydrogens is 304 g/mol. The van der Waals surface area contributed by atoms with Crippen LogP contribution < -0.4 is 4.90 Å². The first-order valence-corrected chi connectivity index (χ1v) is 9.11. The summed E-state index contributed by atoms with van der Waals surface area (Å²) in [6, 6.07) is 0.353. The molecule has 0 spiro atoms. The third-order valence-electron chi connectivity index (χ3n) is 6.22. The number of rotatable bonds is 2. The third kappa shape index (κ3) is 2.29. The summed E-state index contributed by atoms with van der Waals surface area (Å²) in [5.74, 6) is 2.16. The Morgan fingerprint density at radius 1 is 1.04 bits per heavy atom. The second kappa shape index (κ2) is 5.67. The van der Waals surface area contributed by atoms with Crippen LogP contribution in [0.5, 0.6) is 0 Å². The lowest BCUT2D eigenvalue weighted by molar-refractivity contribution is -0.000854. The van der Waals surface area contributed by atoms with E-state index in [1.165, 1.54) is 12.8 Å². The first-order chi connectivity index (χ1) is 11.8. The molecule has 2 aromatic heterocycles. The van der Waals surface area contributed by atoms with Crippen LogP contribution in [0.1, 0.15) is 25.7 Å². The minimum absolute atomic E-state index is 0.179. The number of aromatic nitrogens is 4. The van der Waals surface area contributed by atoms with Crippen LogP contribution in [-0.4, -0.2) is 68.3 Å². The van der Waals surface area contributed by atoms with Crippen molar-refractivity contribution in [2.24, 2.45) is 11.8 Å². The molecule has 1 aliphatic carbocycles. The van der Waals surface area contributed by atoms with E-state index < -0.39 is 0 Å². The number of hydrogen-bond donors (Lipinski definition) is 2. The van der Waals surface area contributed by atoms with Gasteiger partial charge in [-0.15, -0.1) is 0 Å². The van der Waals surface area contributed by atoms with Gasteiger partial charge in [0, 0.05) is 19.1 Å². The standard InChI is InChI=1S/C17H24N6O/c24-14-6-12-8-23(17-15-16(19-9-18-15)20-10-21-17)7-11(12)5-13(14)22-3-1-2-4-22/h9-14,24H,1-8H2,(H,18,19,20,21)/t11-,12+,13-,14-/m1/s1. The van der Waals surface area contributed by atoms with E-state index in [-0.39, 0.29) is 6.10 Å². The highest BCUT2D eigenvalue weighted by Crippen LogP contribution is 2.40. The van der Waals surface area contributed by atoms with Gasteiger partial charge in [-0.1, -0.05) is 0 Å². The number of nitrogens with one attached hydrogen (secondary N) is 1. The van der Waals surface area contributed by atoms with Crippen LogP contribution in [0, 0.1) is 11.8 Å². The van der Waals surface area contributed by atoms with Crippen molar-refractivity contribution < 1.29 is 5.11 Å². The van der Waals surface area contributed by atoms with Crippen LogP contribution >= 0.6 is 0 Å². The van der Waals surface area contributed by atoms with Gasteiger partial charge in [0.2, 0.25) is 0 Å². The van der Waals surface area contributed by atoms with Gasteiger partial charge in [-0.3, -0.25) is 4.90 Å². The van der Waals surface area contributed by atoms with E-state index in [2.05, 4.69) is 29.7 Å². The van der Waals surface area contributed by atoms with Gasteiger partial charge in [0.25, 0.3) is 0 Å². The SMILES string of the molecule is O[C@@H]1C[C@H]2CN(c3ncnc4nc[nH]c34)C[C@H]2C[C@H]1N1CCCC1. The zero-order chi connectivity index (χ0) is 16.1. The van der Waals surface area contributed by atoms with Crippen molar-refractivity contribution in [1.29, 1.82) is 0 Å². The topological polar surface area (TPSA) is 81.2 Å². The van der Waals surface area contributed by atoms with Crippen LogP contribution in [0.4, 0.5) is 5.82 Å². The molecule has 0 unspecified atom stereocenters. The van der Waals surface area contributed by atoms with E-state index in [4.69, 9.17) is 0 Å². The molecule has 24 heavy (non-hydrogen) atoms. The van der Waals surface area contributed by atoms with E-state index in [1.807, 2.05) is 0 Å².